The number of aryl methyl sites for hydroxylation is 1. The van der Waals surface area contributed by atoms with Crippen molar-refractivity contribution in [2.75, 3.05) is 20.3 Å². The van der Waals surface area contributed by atoms with E-state index in [-0.39, 0.29) is 0 Å². The summed E-state index contributed by atoms with van der Waals surface area (Å²) in [6.45, 7) is 6.30. The summed E-state index contributed by atoms with van der Waals surface area (Å²) < 4.78 is 5.21. The van der Waals surface area contributed by atoms with Gasteiger partial charge in [0.2, 0.25) is 0 Å². The number of ether oxygens (including phenoxy) is 1. The van der Waals surface area contributed by atoms with Crippen molar-refractivity contribution in [3.63, 3.8) is 0 Å². The SMILES string of the molecule is CCCNC(CCOC)c1cccc(CCC)c1. The van der Waals surface area contributed by atoms with Gasteiger partial charge in [-0.2, -0.15) is 0 Å². The van der Waals surface area contributed by atoms with Crippen LogP contribution in [0.2, 0.25) is 0 Å². The molecule has 1 atom stereocenters. The van der Waals surface area contributed by atoms with Crippen molar-refractivity contribution >= 4 is 0 Å². The van der Waals surface area contributed by atoms with Gasteiger partial charge in [-0.15, -0.1) is 0 Å². The van der Waals surface area contributed by atoms with E-state index in [1.807, 2.05) is 0 Å². The Hall–Kier alpha value is -0.860. The van der Waals surface area contributed by atoms with Crippen LogP contribution in [0.5, 0.6) is 0 Å². The molecule has 0 heterocycles. The lowest BCUT2D eigenvalue weighted by Gasteiger charge is -2.19. The van der Waals surface area contributed by atoms with Gasteiger partial charge in [-0.05, 0) is 36.9 Å². The Bertz CT molecular complexity index is 317. The van der Waals surface area contributed by atoms with Crippen LogP contribution in [0.3, 0.4) is 0 Å². The molecule has 1 aromatic rings. The van der Waals surface area contributed by atoms with E-state index in [1.165, 1.54) is 24.0 Å². The van der Waals surface area contributed by atoms with E-state index in [0.29, 0.717) is 6.04 Å². The molecule has 0 aromatic heterocycles. The van der Waals surface area contributed by atoms with Gasteiger partial charge < -0.3 is 10.1 Å². The lowest BCUT2D eigenvalue weighted by atomic mass is 9.99. The Kier molecular flexibility index (Phi) is 7.70. The van der Waals surface area contributed by atoms with E-state index < -0.39 is 0 Å². The quantitative estimate of drug-likeness (QED) is 0.720. The molecule has 0 aliphatic rings. The number of nitrogens with one attached hydrogen (secondary N) is 1. The smallest absolute Gasteiger partial charge is 0.0480 e. The zero-order chi connectivity index (χ0) is 13.2. The van der Waals surface area contributed by atoms with Gasteiger partial charge in [0, 0.05) is 19.8 Å². The Morgan fingerprint density at radius 3 is 2.72 bits per heavy atom. The lowest BCUT2D eigenvalue weighted by molar-refractivity contribution is 0.183. The van der Waals surface area contributed by atoms with Crippen molar-refractivity contribution in [3.05, 3.63) is 35.4 Å². The second kappa shape index (κ2) is 9.12. The highest BCUT2D eigenvalue weighted by atomic mass is 16.5. The number of methoxy groups -OCH3 is 1. The molecule has 102 valence electrons. The molecule has 2 nitrogen and oxygen atoms in total. The van der Waals surface area contributed by atoms with E-state index >= 15 is 0 Å². The van der Waals surface area contributed by atoms with Crippen molar-refractivity contribution < 1.29 is 4.74 Å². The fourth-order valence-electron chi connectivity index (χ4n) is 2.19. The molecule has 0 fully saturated rings. The average Bonchev–Trinajstić information content (AvgIpc) is 2.40. The maximum absolute atomic E-state index is 5.21. The molecule has 0 aliphatic heterocycles. The van der Waals surface area contributed by atoms with Crippen LogP contribution in [0, 0.1) is 0 Å². The van der Waals surface area contributed by atoms with Crippen LogP contribution in [0.1, 0.15) is 50.3 Å². The Morgan fingerprint density at radius 1 is 1.22 bits per heavy atom. The molecule has 1 N–H and O–H groups in total. The zero-order valence-corrected chi connectivity index (χ0v) is 12.0. The highest BCUT2D eigenvalue weighted by Crippen LogP contribution is 2.19. The third-order valence-electron chi connectivity index (χ3n) is 3.14. The summed E-state index contributed by atoms with van der Waals surface area (Å²) in [6, 6.07) is 9.38. The minimum atomic E-state index is 0.418. The van der Waals surface area contributed by atoms with Gasteiger partial charge in [-0.25, -0.2) is 0 Å². The molecule has 0 radical (unpaired) electrons. The van der Waals surface area contributed by atoms with E-state index in [9.17, 15) is 0 Å². The van der Waals surface area contributed by atoms with Gasteiger partial charge in [0.25, 0.3) is 0 Å². The summed E-state index contributed by atoms with van der Waals surface area (Å²) in [5.74, 6) is 0. The predicted octanol–water partition coefficient (Wildman–Crippen LogP) is 3.72. The van der Waals surface area contributed by atoms with Crippen molar-refractivity contribution in [2.45, 2.75) is 45.6 Å². The fraction of sp³-hybridized carbons (Fsp3) is 0.625. The van der Waals surface area contributed by atoms with E-state index in [1.54, 1.807) is 7.11 Å². The molecule has 1 unspecified atom stereocenters. The third kappa shape index (κ3) is 5.19. The topological polar surface area (TPSA) is 21.3 Å². The summed E-state index contributed by atoms with van der Waals surface area (Å²) >= 11 is 0. The van der Waals surface area contributed by atoms with Crippen LogP contribution >= 0.6 is 0 Å². The number of benzene rings is 1. The van der Waals surface area contributed by atoms with E-state index in [2.05, 4.69) is 43.4 Å². The van der Waals surface area contributed by atoms with Gasteiger partial charge in [0.05, 0.1) is 0 Å². The van der Waals surface area contributed by atoms with Crippen LogP contribution in [-0.4, -0.2) is 20.3 Å². The standard InChI is InChI=1S/C16H27NO/c1-4-7-14-8-6-9-15(13-14)16(10-12-18-3)17-11-5-2/h6,8-9,13,16-17H,4-5,7,10-12H2,1-3H3. The summed E-state index contributed by atoms with van der Waals surface area (Å²) in [6.07, 6.45) is 4.57. The monoisotopic (exact) mass is 249 g/mol. The number of hydrogen-bond donors (Lipinski definition) is 1. The van der Waals surface area contributed by atoms with Crippen LogP contribution < -0.4 is 5.32 Å². The molecule has 0 saturated heterocycles. The first-order valence-corrected chi connectivity index (χ1v) is 7.13. The maximum atomic E-state index is 5.21. The Morgan fingerprint density at radius 2 is 2.06 bits per heavy atom. The summed E-state index contributed by atoms with van der Waals surface area (Å²) in [7, 11) is 1.77. The summed E-state index contributed by atoms with van der Waals surface area (Å²) in [4.78, 5) is 0. The molecule has 0 saturated carbocycles. The Balaban J connectivity index is 2.72. The molecule has 0 spiro atoms. The van der Waals surface area contributed by atoms with E-state index in [4.69, 9.17) is 4.74 Å². The Labute approximate surface area is 112 Å². The van der Waals surface area contributed by atoms with Crippen LogP contribution in [-0.2, 0) is 11.2 Å². The molecule has 1 rings (SSSR count). The molecule has 0 bridgehead atoms. The molecular formula is C16H27NO. The highest BCUT2D eigenvalue weighted by molar-refractivity contribution is 5.26. The molecular weight excluding hydrogens is 222 g/mol. The van der Waals surface area contributed by atoms with Gasteiger partial charge in [0.1, 0.15) is 0 Å². The van der Waals surface area contributed by atoms with E-state index in [0.717, 1.165) is 26.0 Å². The number of hydrogen-bond acceptors (Lipinski definition) is 2. The molecule has 2 heteroatoms. The first-order valence-electron chi connectivity index (χ1n) is 7.13. The zero-order valence-electron chi connectivity index (χ0n) is 12.0. The second-order valence-electron chi connectivity index (χ2n) is 4.78. The second-order valence-corrected chi connectivity index (χ2v) is 4.78. The summed E-state index contributed by atoms with van der Waals surface area (Å²) in [5, 5.41) is 3.61. The highest BCUT2D eigenvalue weighted by Gasteiger charge is 2.10. The van der Waals surface area contributed by atoms with Crippen molar-refractivity contribution in [1.29, 1.82) is 0 Å². The molecule has 0 aliphatic carbocycles. The number of rotatable bonds is 9. The molecule has 18 heavy (non-hydrogen) atoms. The van der Waals surface area contributed by atoms with Crippen molar-refractivity contribution in [2.24, 2.45) is 0 Å². The minimum Gasteiger partial charge on any atom is -0.385 e. The third-order valence-corrected chi connectivity index (χ3v) is 3.14. The van der Waals surface area contributed by atoms with Crippen molar-refractivity contribution in [3.8, 4) is 0 Å². The molecule has 0 amide bonds. The fourth-order valence-corrected chi connectivity index (χ4v) is 2.19. The lowest BCUT2D eigenvalue weighted by Crippen LogP contribution is -2.23. The first kappa shape index (κ1) is 15.2. The van der Waals surface area contributed by atoms with Crippen LogP contribution in [0.15, 0.2) is 24.3 Å². The average molecular weight is 249 g/mol. The van der Waals surface area contributed by atoms with Gasteiger partial charge in [-0.3, -0.25) is 0 Å². The van der Waals surface area contributed by atoms with Gasteiger partial charge in [0.15, 0.2) is 0 Å². The van der Waals surface area contributed by atoms with Crippen LogP contribution in [0.4, 0.5) is 0 Å². The van der Waals surface area contributed by atoms with Gasteiger partial charge >= 0.3 is 0 Å². The predicted molar refractivity (Wildman–Crippen MR) is 78.0 cm³/mol. The normalized spacial score (nSPS) is 12.6. The molecule has 1 aromatic carbocycles. The van der Waals surface area contributed by atoms with Crippen LogP contribution in [0.25, 0.3) is 0 Å². The summed E-state index contributed by atoms with van der Waals surface area (Å²) in [5.41, 5.74) is 2.84. The first-order chi connectivity index (χ1) is 8.81. The van der Waals surface area contributed by atoms with Crippen molar-refractivity contribution in [1.82, 2.24) is 5.32 Å². The minimum absolute atomic E-state index is 0.418. The van der Waals surface area contributed by atoms with Gasteiger partial charge in [-0.1, -0.05) is 44.5 Å². The largest absolute Gasteiger partial charge is 0.385 e. The maximum Gasteiger partial charge on any atom is 0.0480 e.